The second kappa shape index (κ2) is 9.15. The van der Waals surface area contributed by atoms with Gasteiger partial charge in [0.1, 0.15) is 5.82 Å². The van der Waals surface area contributed by atoms with Crippen molar-refractivity contribution in [1.82, 2.24) is 20.1 Å². The van der Waals surface area contributed by atoms with E-state index in [0.717, 1.165) is 64.6 Å². The number of carbonyl (C=O) groups excluding carboxylic acids is 1. The highest BCUT2D eigenvalue weighted by Gasteiger charge is 2.15. The van der Waals surface area contributed by atoms with Crippen LogP contribution in [0.5, 0.6) is 0 Å². The van der Waals surface area contributed by atoms with Crippen molar-refractivity contribution in [2.45, 2.75) is 25.7 Å². The summed E-state index contributed by atoms with van der Waals surface area (Å²) in [6, 6.07) is 4.17. The fourth-order valence-electron chi connectivity index (χ4n) is 3.51. The van der Waals surface area contributed by atoms with Gasteiger partial charge in [0.05, 0.1) is 0 Å². The number of carbonyl (C=O) groups is 1. The average molecular weight is 345 g/mol. The maximum atomic E-state index is 12.1. The first kappa shape index (κ1) is 18.1. The molecule has 3 heterocycles. The van der Waals surface area contributed by atoms with E-state index in [1.165, 1.54) is 18.4 Å². The molecule has 0 bridgehead atoms. The van der Waals surface area contributed by atoms with Crippen LogP contribution in [0.2, 0.25) is 0 Å². The Labute approximate surface area is 151 Å². The fourth-order valence-corrected chi connectivity index (χ4v) is 3.51. The van der Waals surface area contributed by atoms with Crippen LogP contribution in [-0.2, 0) is 11.2 Å². The molecule has 0 atom stereocenters. The monoisotopic (exact) mass is 345 g/mol. The SMILES string of the molecule is CN1CCN(CCNC(=O)CCc2ccnc(N3CCCC3)c2)CC1. The Morgan fingerprint density at radius 2 is 1.92 bits per heavy atom. The van der Waals surface area contributed by atoms with Crippen LogP contribution < -0.4 is 10.2 Å². The molecule has 2 aliphatic heterocycles. The van der Waals surface area contributed by atoms with Gasteiger partial charge in [-0.3, -0.25) is 9.69 Å². The van der Waals surface area contributed by atoms with Crippen LogP contribution in [0.3, 0.4) is 0 Å². The largest absolute Gasteiger partial charge is 0.357 e. The topological polar surface area (TPSA) is 51.7 Å². The van der Waals surface area contributed by atoms with E-state index < -0.39 is 0 Å². The summed E-state index contributed by atoms with van der Waals surface area (Å²) < 4.78 is 0. The van der Waals surface area contributed by atoms with Gasteiger partial charge in [0.25, 0.3) is 0 Å². The molecule has 6 nitrogen and oxygen atoms in total. The molecule has 3 rings (SSSR count). The first-order valence-corrected chi connectivity index (χ1v) is 9.58. The second-order valence-electron chi connectivity index (χ2n) is 7.21. The van der Waals surface area contributed by atoms with Crippen molar-refractivity contribution in [3.05, 3.63) is 23.9 Å². The lowest BCUT2D eigenvalue weighted by molar-refractivity contribution is -0.121. The quantitative estimate of drug-likeness (QED) is 0.798. The number of rotatable bonds is 7. The summed E-state index contributed by atoms with van der Waals surface area (Å²) in [7, 11) is 2.16. The van der Waals surface area contributed by atoms with Gasteiger partial charge in [-0.1, -0.05) is 0 Å². The van der Waals surface area contributed by atoms with Gasteiger partial charge in [0, 0.05) is 65.0 Å². The zero-order valence-corrected chi connectivity index (χ0v) is 15.4. The van der Waals surface area contributed by atoms with Gasteiger partial charge in [-0.15, -0.1) is 0 Å². The van der Waals surface area contributed by atoms with Crippen molar-refractivity contribution in [1.29, 1.82) is 0 Å². The molecule has 2 saturated heterocycles. The molecule has 1 N–H and O–H groups in total. The number of aromatic nitrogens is 1. The molecule has 138 valence electrons. The molecule has 0 aliphatic carbocycles. The van der Waals surface area contributed by atoms with Crippen molar-refractivity contribution in [2.75, 3.05) is 64.3 Å². The summed E-state index contributed by atoms with van der Waals surface area (Å²) in [4.78, 5) is 23.7. The van der Waals surface area contributed by atoms with E-state index in [0.29, 0.717) is 6.42 Å². The molecule has 2 fully saturated rings. The lowest BCUT2D eigenvalue weighted by Crippen LogP contribution is -2.46. The minimum atomic E-state index is 0.147. The van der Waals surface area contributed by atoms with E-state index in [9.17, 15) is 4.79 Å². The zero-order valence-electron chi connectivity index (χ0n) is 15.4. The van der Waals surface area contributed by atoms with Gasteiger partial charge in [-0.25, -0.2) is 4.98 Å². The van der Waals surface area contributed by atoms with Crippen LogP contribution in [-0.4, -0.2) is 80.1 Å². The van der Waals surface area contributed by atoms with E-state index in [4.69, 9.17) is 0 Å². The van der Waals surface area contributed by atoms with E-state index >= 15 is 0 Å². The molecule has 0 aromatic carbocycles. The van der Waals surface area contributed by atoms with Gasteiger partial charge in [0.2, 0.25) is 5.91 Å². The minimum absolute atomic E-state index is 0.147. The molecule has 0 unspecified atom stereocenters. The molecule has 1 aromatic rings. The summed E-state index contributed by atoms with van der Waals surface area (Å²) in [5.74, 6) is 1.21. The van der Waals surface area contributed by atoms with E-state index in [1.54, 1.807) is 0 Å². The normalized spacial score (nSPS) is 19.3. The number of anilines is 1. The van der Waals surface area contributed by atoms with Crippen LogP contribution >= 0.6 is 0 Å². The van der Waals surface area contributed by atoms with Gasteiger partial charge >= 0.3 is 0 Å². The summed E-state index contributed by atoms with van der Waals surface area (Å²) >= 11 is 0. The molecule has 0 saturated carbocycles. The zero-order chi connectivity index (χ0) is 17.5. The van der Waals surface area contributed by atoms with E-state index in [2.05, 4.69) is 38.1 Å². The average Bonchev–Trinajstić information content (AvgIpc) is 3.17. The van der Waals surface area contributed by atoms with Gasteiger partial charge < -0.3 is 15.1 Å². The lowest BCUT2D eigenvalue weighted by Gasteiger charge is -2.32. The summed E-state index contributed by atoms with van der Waals surface area (Å²) in [6.07, 6.45) is 5.70. The Balaban J connectivity index is 1.35. The summed E-state index contributed by atoms with van der Waals surface area (Å²) in [5, 5.41) is 3.06. The Kier molecular flexibility index (Phi) is 6.64. The van der Waals surface area contributed by atoms with Crippen LogP contribution in [0.15, 0.2) is 18.3 Å². The Morgan fingerprint density at radius 1 is 1.16 bits per heavy atom. The molecular weight excluding hydrogens is 314 g/mol. The van der Waals surface area contributed by atoms with Crippen molar-refractivity contribution < 1.29 is 4.79 Å². The highest BCUT2D eigenvalue weighted by molar-refractivity contribution is 5.76. The molecule has 0 spiro atoms. The van der Waals surface area contributed by atoms with Gasteiger partial charge in [-0.2, -0.15) is 0 Å². The molecular formula is C19H31N5O. The van der Waals surface area contributed by atoms with Crippen molar-refractivity contribution in [3.8, 4) is 0 Å². The number of hydrogen-bond acceptors (Lipinski definition) is 5. The van der Waals surface area contributed by atoms with E-state index in [1.807, 2.05) is 12.3 Å². The van der Waals surface area contributed by atoms with Crippen LogP contribution in [0, 0.1) is 0 Å². The Bertz CT molecular complexity index is 551. The van der Waals surface area contributed by atoms with Gasteiger partial charge in [-0.05, 0) is 44.0 Å². The fraction of sp³-hybridized carbons (Fsp3) is 0.684. The first-order valence-electron chi connectivity index (χ1n) is 9.58. The molecule has 0 radical (unpaired) electrons. The number of nitrogens with one attached hydrogen (secondary N) is 1. The number of aryl methyl sites for hydroxylation is 1. The number of piperazine rings is 1. The van der Waals surface area contributed by atoms with Crippen molar-refractivity contribution in [2.24, 2.45) is 0 Å². The third-order valence-corrected chi connectivity index (χ3v) is 5.23. The second-order valence-corrected chi connectivity index (χ2v) is 7.21. The Hall–Kier alpha value is -1.66. The maximum absolute atomic E-state index is 12.1. The third kappa shape index (κ3) is 5.68. The molecule has 6 heteroatoms. The van der Waals surface area contributed by atoms with Crippen LogP contribution in [0.4, 0.5) is 5.82 Å². The minimum Gasteiger partial charge on any atom is -0.357 e. The first-order chi connectivity index (χ1) is 12.2. The molecule has 2 aliphatic rings. The third-order valence-electron chi connectivity index (χ3n) is 5.23. The molecule has 1 aromatic heterocycles. The van der Waals surface area contributed by atoms with Crippen molar-refractivity contribution >= 4 is 11.7 Å². The standard InChI is InChI=1S/C19H31N5O/c1-22-12-14-23(15-13-22)11-8-21-19(25)5-4-17-6-7-20-18(16-17)24-9-2-3-10-24/h6-7,16H,2-5,8-15H2,1H3,(H,21,25). The maximum Gasteiger partial charge on any atom is 0.220 e. The summed E-state index contributed by atoms with van der Waals surface area (Å²) in [5.41, 5.74) is 1.20. The van der Waals surface area contributed by atoms with Crippen LogP contribution in [0.25, 0.3) is 0 Å². The smallest absolute Gasteiger partial charge is 0.220 e. The number of likely N-dealkylation sites (N-methyl/N-ethyl adjacent to an activating group) is 1. The molecule has 1 amide bonds. The highest BCUT2D eigenvalue weighted by atomic mass is 16.1. The summed E-state index contributed by atoms with van der Waals surface area (Å²) in [6.45, 7) is 8.34. The lowest BCUT2D eigenvalue weighted by atomic mass is 10.1. The highest BCUT2D eigenvalue weighted by Crippen LogP contribution is 2.19. The van der Waals surface area contributed by atoms with Crippen molar-refractivity contribution in [3.63, 3.8) is 0 Å². The molecule has 25 heavy (non-hydrogen) atoms. The van der Waals surface area contributed by atoms with Gasteiger partial charge in [0.15, 0.2) is 0 Å². The van der Waals surface area contributed by atoms with Crippen LogP contribution in [0.1, 0.15) is 24.8 Å². The predicted molar refractivity (Wildman–Crippen MR) is 101 cm³/mol. The number of nitrogens with zero attached hydrogens (tertiary/aromatic N) is 4. The number of hydrogen-bond donors (Lipinski definition) is 1. The predicted octanol–water partition coefficient (Wildman–Crippen LogP) is 0.978. The number of amides is 1. The van der Waals surface area contributed by atoms with E-state index in [-0.39, 0.29) is 5.91 Å². The number of pyridine rings is 1. The Morgan fingerprint density at radius 3 is 2.68 bits per heavy atom.